The monoisotopic (exact) mass is 337 g/mol. The summed E-state index contributed by atoms with van der Waals surface area (Å²) >= 11 is 0. The Hall–Kier alpha value is -2.78. The molecule has 134 valence electrons. The molecule has 1 aliphatic heterocycles. The molecule has 0 aromatic heterocycles. The van der Waals surface area contributed by atoms with Gasteiger partial charge in [-0.2, -0.15) is 0 Å². The van der Waals surface area contributed by atoms with E-state index in [9.17, 15) is 14.4 Å². The SMILES string of the molecule is C=CC(=O)O.CCOC(N)=O.O=C(O)O.O=C1CCCCCO1. The van der Waals surface area contributed by atoms with Gasteiger partial charge in [-0.25, -0.2) is 14.4 Å². The molecule has 0 saturated carbocycles. The lowest BCUT2D eigenvalue weighted by molar-refractivity contribution is -0.142. The molecule has 0 atom stereocenters. The van der Waals surface area contributed by atoms with Crippen LogP contribution >= 0.6 is 0 Å². The van der Waals surface area contributed by atoms with Crippen LogP contribution in [0.25, 0.3) is 0 Å². The molecule has 1 fully saturated rings. The summed E-state index contributed by atoms with van der Waals surface area (Å²) in [6, 6.07) is 0. The van der Waals surface area contributed by atoms with Crippen LogP contribution in [0.4, 0.5) is 9.59 Å². The Balaban J connectivity index is -0.000000242. The van der Waals surface area contributed by atoms with Gasteiger partial charge in [0.05, 0.1) is 13.2 Å². The van der Waals surface area contributed by atoms with Gasteiger partial charge in [-0.15, -0.1) is 0 Å². The van der Waals surface area contributed by atoms with Crippen LogP contribution in [0.5, 0.6) is 0 Å². The van der Waals surface area contributed by atoms with Crippen molar-refractivity contribution in [2.24, 2.45) is 5.73 Å². The van der Waals surface area contributed by atoms with Crippen molar-refractivity contribution in [3.8, 4) is 0 Å². The molecule has 5 N–H and O–H groups in total. The number of carbonyl (C=O) groups is 4. The molecule has 1 heterocycles. The third kappa shape index (κ3) is 45.3. The zero-order chi connectivity index (χ0) is 18.7. The second kappa shape index (κ2) is 19.2. The molecule has 0 aromatic rings. The average molecular weight is 337 g/mol. The topological polar surface area (TPSA) is 173 Å². The van der Waals surface area contributed by atoms with E-state index in [2.05, 4.69) is 17.0 Å². The molecule has 1 aliphatic rings. The zero-order valence-electron chi connectivity index (χ0n) is 12.9. The summed E-state index contributed by atoms with van der Waals surface area (Å²) < 4.78 is 8.94. The maximum absolute atomic E-state index is 10.5. The van der Waals surface area contributed by atoms with Gasteiger partial charge >= 0.3 is 24.2 Å². The van der Waals surface area contributed by atoms with Crippen LogP contribution in [0.1, 0.15) is 32.6 Å². The second-order valence-electron chi connectivity index (χ2n) is 3.61. The molecule has 0 radical (unpaired) electrons. The Morgan fingerprint density at radius 1 is 1.26 bits per heavy atom. The standard InChI is InChI=1S/C6H10O2.C3H7NO2.C3H4O2.CH2O3/c7-6-4-2-1-3-5-8-6;1-2-6-3(4)5;1-2-3(4)5;2-1(3)4/h1-5H2;2H2,1H3,(H2,4,5);2H,1H2,(H,4,5);(H2,2,3,4). The molecule has 0 bridgehead atoms. The highest BCUT2D eigenvalue weighted by Gasteiger charge is 2.05. The highest BCUT2D eigenvalue weighted by atomic mass is 16.6. The zero-order valence-corrected chi connectivity index (χ0v) is 12.9. The number of esters is 1. The highest BCUT2D eigenvalue weighted by Crippen LogP contribution is 2.06. The molecular formula is C13H23NO9. The summed E-state index contributed by atoms with van der Waals surface area (Å²) in [5, 5.41) is 21.5. The van der Waals surface area contributed by atoms with Crippen molar-refractivity contribution in [2.75, 3.05) is 13.2 Å². The molecule has 0 unspecified atom stereocenters. The van der Waals surface area contributed by atoms with Crippen LogP contribution in [0.3, 0.4) is 0 Å². The molecule has 1 rings (SSSR count). The number of carbonyl (C=O) groups excluding carboxylic acids is 2. The van der Waals surface area contributed by atoms with Gasteiger partial charge in [-0.1, -0.05) is 6.58 Å². The van der Waals surface area contributed by atoms with Gasteiger partial charge in [0, 0.05) is 12.5 Å². The maximum Gasteiger partial charge on any atom is 0.503 e. The van der Waals surface area contributed by atoms with Gasteiger partial charge in [0.1, 0.15) is 0 Å². The number of carboxylic acid groups (broad SMARTS) is 3. The van der Waals surface area contributed by atoms with Crippen LogP contribution in [-0.2, 0) is 19.1 Å². The van der Waals surface area contributed by atoms with Crippen LogP contribution in [0.15, 0.2) is 12.7 Å². The van der Waals surface area contributed by atoms with E-state index in [1.165, 1.54) is 0 Å². The number of ether oxygens (including phenoxy) is 2. The lowest BCUT2D eigenvalue weighted by Gasteiger charge is -1.93. The number of aliphatic carboxylic acids is 1. The normalized spacial score (nSPS) is 12.0. The Labute approximate surface area is 133 Å². The molecule has 0 aliphatic carbocycles. The Morgan fingerprint density at radius 2 is 1.74 bits per heavy atom. The van der Waals surface area contributed by atoms with Crippen LogP contribution in [0, 0.1) is 0 Å². The third-order valence-electron chi connectivity index (χ3n) is 1.75. The van der Waals surface area contributed by atoms with Crippen LogP contribution in [-0.4, -0.2) is 52.7 Å². The highest BCUT2D eigenvalue weighted by molar-refractivity contribution is 5.78. The minimum Gasteiger partial charge on any atom is -0.478 e. The third-order valence-corrected chi connectivity index (χ3v) is 1.75. The minimum atomic E-state index is -1.83. The Kier molecular flexibility index (Phi) is 21.0. The van der Waals surface area contributed by atoms with E-state index in [-0.39, 0.29) is 5.97 Å². The predicted octanol–water partition coefficient (Wildman–Crippen LogP) is 1.68. The number of hydrogen-bond acceptors (Lipinski definition) is 6. The number of amides is 1. The average Bonchev–Trinajstić information content (AvgIpc) is 2.67. The molecule has 0 spiro atoms. The van der Waals surface area contributed by atoms with Crippen molar-refractivity contribution >= 4 is 24.2 Å². The lowest BCUT2D eigenvalue weighted by atomic mass is 10.2. The smallest absolute Gasteiger partial charge is 0.478 e. The fraction of sp³-hybridized carbons (Fsp3) is 0.538. The van der Waals surface area contributed by atoms with Crippen molar-refractivity contribution in [3.63, 3.8) is 0 Å². The lowest BCUT2D eigenvalue weighted by Crippen LogP contribution is -2.11. The van der Waals surface area contributed by atoms with Crippen molar-refractivity contribution in [3.05, 3.63) is 12.7 Å². The molecule has 0 aromatic carbocycles. The van der Waals surface area contributed by atoms with E-state index in [4.69, 9.17) is 24.9 Å². The molecule has 23 heavy (non-hydrogen) atoms. The summed E-state index contributed by atoms with van der Waals surface area (Å²) in [6.45, 7) is 5.65. The van der Waals surface area contributed by atoms with E-state index in [1.54, 1.807) is 6.92 Å². The largest absolute Gasteiger partial charge is 0.503 e. The summed E-state index contributed by atoms with van der Waals surface area (Å²) in [7, 11) is 0. The molecule has 10 heteroatoms. The molecular weight excluding hydrogens is 314 g/mol. The summed E-state index contributed by atoms with van der Waals surface area (Å²) in [5.74, 6) is -1.01. The van der Waals surface area contributed by atoms with Crippen molar-refractivity contribution in [1.82, 2.24) is 0 Å². The Bertz CT molecular complexity index is 354. The Morgan fingerprint density at radius 3 is 2.04 bits per heavy atom. The number of hydrogen-bond donors (Lipinski definition) is 4. The molecule has 1 saturated heterocycles. The molecule has 1 amide bonds. The second-order valence-corrected chi connectivity index (χ2v) is 3.61. The fourth-order valence-electron chi connectivity index (χ4n) is 0.949. The van der Waals surface area contributed by atoms with Gasteiger partial charge in [0.25, 0.3) is 0 Å². The van der Waals surface area contributed by atoms with E-state index in [0.29, 0.717) is 19.6 Å². The summed E-state index contributed by atoms with van der Waals surface area (Å²) in [6.07, 6.45) is 2.12. The van der Waals surface area contributed by atoms with Gasteiger partial charge in [-0.3, -0.25) is 4.79 Å². The first-order valence-corrected chi connectivity index (χ1v) is 6.52. The first kappa shape index (κ1) is 25.2. The number of nitrogens with two attached hydrogens (primary N) is 1. The van der Waals surface area contributed by atoms with Gasteiger partial charge in [0.15, 0.2) is 0 Å². The van der Waals surface area contributed by atoms with E-state index < -0.39 is 18.2 Å². The first-order chi connectivity index (χ1) is 10.7. The van der Waals surface area contributed by atoms with Gasteiger partial charge < -0.3 is 30.5 Å². The maximum atomic E-state index is 10.5. The fourth-order valence-corrected chi connectivity index (χ4v) is 0.949. The number of rotatable bonds is 2. The molecule has 10 nitrogen and oxygen atoms in total. The number of cyclic esters (lactones) is 1. The number of primary amides is 1. The first-order valence-electron chi connectivity index (χ1n) is 6.52. The van der Waals surface area contributed by atoms with Crippen molar-refractivity contribution < 1.29 is 44.0 Å². The minimum absolute atomic E-state index is 0.0255. The summed E-state index contributed by atoms with van der Waals surface area (Å²) in [4.78, 5) is 37.9. The van der Waals surface area contributed by atoms with Crippen LogP contribution in [0.2, 0.25) is 0 Å². The van der Waals surface area contributed by atoms with Crippen molar-refractivity contribution in [1.29, 1.82) is 0 Å². The predicted molar refractivity (Wildman–Crippen MR) is 79.1 cm³/mol. The van der Waals surface area contributed by atoms with Crippen LogP contribution < -0.4 is 5.73 Å². The van der Waals surface area contributed by atoms with Gasteiger partial charge in [-0.05, 0) is 26.2 Å². The quantitative estimate of drug-likeness (QED) is 0.431. The van der Waals surface area contributed by atoms with Gasteiger partial charge in [0.2, 0.25) is 0 Å². The van der Waals surface area contributed by atoms with E-state index in [1.807, 2.05) is 0 Å². The van der Waals surface area contributed by atoms with Crippen molar-refractivity contribution in [2.45, 2.75) is 32.6 Å². The van der Waals surface area contributed by atoms with E-state index in [0.717, 1.165) is 25.3 Å². The summed E-state index contributed by atoms with van der Waals surface area (Å²) in [5.41, 5.74) is 4.54. The van der Waals surface area contributed by atoms with E-state index >= 15 is 0 Å². The number of carboxylic acids is 1.